The number of amides is 5. The van der Waals surface area contributed by atoms with Crippen LogP contribution in [0.2, 0.25) is 0 Å². The van der Waals surface area contributed by atoms with E-state index in [2.05, 4.69) is 26.6 Å². The van der Waals surface area contributed by atoms with Crippen molar-refractivity contribution >= 4 is 29.5 Å². The van der Waals surface area contributed by atoms with Crippen molar-refractivity contribution in [2.24, 2.45) is 17.6 Å². The van der Waals surface area contributed by atoms with Crippen molar-refractivity contribution < 1.29 is 29.1 Å². The van der Waals surface area contributed by atoms with Crippen LogP contribution in [0.4, 0.5) is 0 Å². The van der Waals surface area contributed by atoms with Crippen LogP contribution >= 0.6 is 0 Å². The molecule has 284 valence electrons. The molecule has 3 aromatic carbocycles. The van der Waals surface area contributed by atoms with Crippen molar-refractivity contribution in [1.82, 2.24) is 26.6 Å². The number of carbonyl (C=O) groups excluding carboxylic acids is 5. The van der Waals surface area contributed by atoms with Gasteiger partial charge >= 0.3 is 0 Å². The van der Waals surface area contributed by atoms with Crippen LogP contribution in [0.15, 0.2) is 84.9 Å². The van der Waals surface area contributed by atoms with Gasteiger partial charge in [-0.1, -0.05) is 113 Å². The Bertz CT molecular complexity index is 1680. The molecule has 1 aliphatic heterocycles. The van der Waals surface area contributed by atoms with E-state index in [0.29, 0.717) is 13.0 Å². The van der Waals surface area contributed by atoms with Gasteiger partial charge in [0.1, 0.15) is 18.1 Å². The number of nitrogens with two attached hydrogens (primary N) is 1. The number of rotatable bonds is 18. The molecule has 0 bridgehead atoms. The maximum Gasteiger partial charge on any atom is 0.243 e. The summed E-state index contributed by atoms with van der Waals surface area (Å²) in [5.41, 5.74) is 9.46. The Hall–Kier alpha value is -5.07. The Balaban J connectivity index is 1.43. The Labute approximate surface area is 312 Å². The number of primary amides is 1. The van der Waals surface area contributed by atoms with Crippen LogP contribution in [0.25, 0.3) is 0 Å². The molecular weight excluding hydrogens is 672 g/mol. The molecule has 0 aliphatic carbocycles. The maximum atomic E-state index is 13.8. The molecular formula is C41H54N6O6. The summed E-state index contributed by atoms with van der Waals surface area (Å²) in [5, 5.41) is 26.0. The van der Waals surface area contributed by atoms with Gasteiger partial charge < -0.3 is 37.4 Å². The number of benzene rings is 3. The minimum absolute atomic E-state index is 0.00368. The lowest BCUT2D eigenvalue weighted by Gasteiger charge is -2.31. The van der Waals surface area contributed by atoms with E-state index in [1.54, 1.807) is 0 Å². The van der Waals surface area contributed by atoms with Crippen LogP contribution < -0.4 is 32.3 Å². The van der Waals surface area contributed by atoms with Gasteiger partial charge in [-0.2, -0.15) is 0 Å². The minimum Gasteiger partial charge on any atom is -0.390 e. The molecule has 0 saturated carbocycles. The summed E-state index contributed by atoms with van der Waals surface area (Å²) in [5.74, 6) is -2.95. The topological polar surface area (TPSA) is 192 Å². The second-order valence-corrected chi connectivity index (χ2v) is 14.6. The SMILES string of the molecule is CC(C)C[C@H](NC(=O)C[C@H](O)[C@H](Cc1ccccc1)NC(=O)[C@@H](NC(=O)C1Cc2ccccc2CN1)C(C)C)C(=O)N[C@@H](Cc1ccccc1)C(N)=O. The molecule has 0 saturated heterocycles. The maximum absolute atomic E-state index is 13.8. The zero-order valence-electron chi connectivity index (χ0n) is 31.0. The molecule has 0 spiro atoms. The average molecular weight is 727 g/mol. The largest absolute Gasteiger partial charge is 0.390 e. The molecule has 0 radical (unpaired) electrons. The van der Waals surface area contributed by atoms with E-state index in [9.17, 15) is 29.1 Å². The molecule has 1 aliphatic rings. The first-order valence-electron chi connectivity index (χ1n) is 18.4. The number of aliphatic hydroxyl groups excluding tert-OH is 1. The van der Waals surface area contributed by atoms with Crippen LogP contribution in [0.3, 0.4) is 0 Å². The summed E-state index contributed by atoms with van der Waals surface area (Å²) >= 11 is 0. The summed E-state index contributed by atoms with van der Waals surface area (Å²) < 4.78 is 0. The quantitative estimate of drug-likeness (QED) is 0.104. The van der Waals surface area contributed by atoms with Gasteiger partial charge in [0.05, 0.1) is 24.6 Å². The van der Waals surface area contributed by atoms with E-state index < -0.39 is 66.4 Å². The van der Waals surface area contributed by atoms with Gasteiger partial charge in [0.25, 0.3) is 0 Å². The molecule has 0 fully saturated rings. The number of hydrogen-bond donors (Lipinski definition) is 7. The van der Waals surface area contributed by atoms with Crippen LogP contribution in [-0.2, 0) is 49.8 Å². The fourth-order valence-electron chi connectivity index (χ4n) is 6.49. The number of hydrogen-bond acceptors (Lipinski definition) is 7. The summed E-state index contributed by atoms with van der Waals surface area (Å²) in [6.45, 7) is 7.99. The van der Waals surface area contributed by atoms with E-state index >= 15 is 0 Å². The molecule has 12 heteroatoms. The van der Waals surface area contributed by atoms with Crippen LogP contribution in [0, 0.1) is 11.8 Å². The fraction of sp³-hybridized carbons (Fsp3) is 0.439. The van der Waals surface area contributed by atoms with Crippen molar-refractivity contribution in [3.63, 3.8) is 0 Å². The third-order valence-electron chi connectivity index (χ3n) is 9.43. The van der Waals surface area contributed by atoms with E-state index in [1.165, 1.54) is 0 Å². The third-order valence-corrected chi connectivity index (χ3v) is 9.43. The van der Waals surface area contributed by atoms with Gasteiger partial charge in [0, 0.05) is 13.0 Å². The monoisotopic (exact) mass is 726 g/mol. The highest BCUT2D eigenvalue weighted by Gasteiger charge is 2.34. The fourth-order valence-corrected chi connectivity index (χ4v) is 6.49. The summed E-state index contributed by atoms with van der Waals surface area (Å²) in [6.07, 6.45) is -0.619. The normalized spacial score (nSPS) is 16.7. The van der Waals surface area contributed by atoms with Crippen molar-refractivity contribution in [2.45, 2.75) is 103 Å². The van der Waals surface area contributed by atoms with Gasteiger partial charge in [-0.15, -0.1) is 0 Å². The smallest absolute Gasteiger partial charge is 0.243 e. The van der Waals surface area contributed by atoms with E-state index in [1.807, 2.05) is 113 Å². The molecule has 4 rings (SSSR count). The summed E-state index contributed by atoms with van der Waals surface area (Å²) in [4.78, 5) is 66.4. The molecule has 1 unspecified atom stereocenters. The molecule has 0 aromatic heterocycles. The van der Waals surface area contributed by atoms with Crippen molar-refractivity contribution in [2.75, 3.05) is 0 Å². The second-order valence-electron chi connectivity index (χ2n) is 14.6. The Morgan fingerprint density at radius 3 is 1.91 bits per heavy atom. The standard InChI is InChI=1S/C41H54N6O6/c1-25(2)19-34(40(52)46-32(38(42)50)21-28-15-9-6-10-16-28)44-36(49)23-35(48)31(20-27-13-7-5-8-14-27)45-41(53)37(26(3)4)47-39(51)33-22-29-17-11-12-18-30(29)24-43-33/h5-18,25-26,31-35,37,43,48H,19-24H2,1-4H3,(H2,42,50)(H,44,49)(H,45,53)(H,46,52)(H,47,51)/t31-,32-,33?,34-,35-,37-/m0/s1. The predicted octanol–water partition coefficient (Wildman–Crippen LogP) is 2.06. The van der Waals surface area contributed by atoms with Gasteiger partial charge in [-0.3, -0.25) is 24.0 Å². The van der Waals surface area contributed by atoms with E-state index in [4.69, 9.17) is 5.73 Å². The van der Waals surface area contributed by atoms with Crippen molar-refractivity contribution in [3.05, 3.63) is 107 Å². The highest BCUT2D eigenvalue weighted by molar-refractivity contribution is 5.92. The van der Waals surface area contributed by atoms with Gasteiger partial charge in [0.2, 0.25) is 29.5 Å². The van der Waals surface area contributed by atoms with Gasteiger partial charge in [-0.05, 0) is 53.4 Å². The number of aliphatic hydroxyl groups is 1. The van der Waals surface area contributed by atoms with E-state index in [-0.39, 0.29) is 37.0 Å². The zero-order valence-corrected chi connectivity index (χ0v) is 31.0. The summed E-state index contributed by atoms with van der Waals surface area (Å²) in [7, 11) is 0. The first kappa shape index (κ1) is 40.7. The van der Waals surface area contributed by atoms with Crippen LogP contribution in [-0.4, -0.2) is 71.0 Å². The molecule has 53 heavy (non-hydrogen) atoms. The van der Waals surface area contributed by atoms with Crippen LogP contribution in [0.1, 0.15) is 62.8 Å². The lowest BCUT2D eigenvalue weighted by atomic mass is 9.94. The van der Waals surface area contributed by atoms with Gasteiger partial charge in [-0.25, -0.2) is 0 Å². The molecule has 1 heterocycles. The average Bonchev–Trinajstić information content (AvgIpc) is 3.13. The Kier molecular flexibility index (Phi) is 15.1. The number of carbonyl (C=O) groups is 5. The minimum atomic E-state index is -1.35. The molecule has 12 nitrogen and oxygen atoms in total. The lowest BCUT2D eigenvalue weighted by molar-refractivity contribution is -0.133. The van der Waals surface area contributed by atoms with E-state index in [0.717, 1.165) is 22.3 Å². The lowest BCUT2D eigenvalue weighted by Crippen LogP contribution is -2.58. The Morgan fingerprint density at radius 1 is 0.736 bits per heavy atom. The molecule has 5 amide bonds. The predicted molar refractivity (Wildman–Crippen MR) is 203 cm³/mol. The highest BCUT2D eigenvalue weighted by Crippen LogP contribution is 2.17. The molecule has 3 aromatic rings. The summed E-state index contributed by atoms with van der Waals surface area (Å²) in [6, 6.07) is 22.0. The zero-order chi connectivity index (χ0) is 38.5. The second kappa shape index (κ2) is 19.7. The van der Waals surface area contributed by atoms with Gasteiger partial charge in [0.15, 0.2) is 0 Å². The highest BCUT2D eigenvalue weighted by atomic mass is 16.3. The number of fused-ring (bicyclic) bond motifs is 1. The Morgan fingerprint density at radius 2 is 1.32 bits per heavy atom. The number of nitrogens with one attached hydrogen (secondary N) is 5. The van der Waals surface area contributed by atoms with Crippen molar-refractivity contribution in [3.8, 4) is 0 Å². The van der Waals surface area contributed by atoms with Crippen molar-refractivity contribution in [1.29, 1.82) is 0 Å². The van der Waals surface area contributed by atoms with Crippen LogP contribution in [0.5, 0.6) is 0 Å². The third kappa shape index (κ3) is 12.5. The first-order valence-corrected chi connectivity index (χ1v) is 18.4. The molecule has 8 N–H and O–H groups in total. The molecule has 6 atom stereocenters. The first-order chi connectivity index (χ1) is 25.3.